The van der Waals surface area contributed by atoms with Crippen LogP contribution in [0.1, 0.15) is 11.1 Å². The number of aliphatic hydroxyl groups is 1. The molecule has 2 nitrogen and oxygen atoms in total. The first-order valence-corrected chi connectivity index (χ1v) is 7.02. The van der Waals surface area contributed by atoms with Gasteiger partial charge in [-0.25, -0.2) is 0 Å². The fraction of sp³-hybridized carbons (Fsp3) is 0.200. The van der Waals surface area contributed by atoms with Gasteiger partial charge in [-0.2, -0.15) is 0 Å². The van der Waals surface area contributed by atoms with Gasteiger partial charge < -0.3 is 10.8 Å². The summed E-state index contributed by atoms with van der Waals surface area (Å²) in [6, 6.07) is 14.2. The molecule has 0 bridgehead atoms. The van der Waals surface area contributed by atoms with Crippen molar-refractivity contribution >= 4 is 21.6 Å². The maximum absolute atomic E-state index is 9.04. The molecule has 0 heterocycles. The molecule has 0 spiro atoms. The maximum Gasteiger partial charge on any atom is 0.0472 e. The van der Waals surface area contributed by atoms with Crippen LogP contribution in [0.2, 0.25) is 0 Å². The summed E-state index contributed by atoms with van der Waals surface area (Å²) >= 11 is 3.50. The van der Waals surface area contributed by atoms with E-state index in [-0.39, 0.29) is 6.61 Å². The largest absolute Gasteiger partial charge is 0.398 e. The van der Waals surface area contributed by atoms with E-state index in [1.165, 1.54) is 5.56 Å². The fourth-order valence-corrected chi connectivity index (χ4v) is 2.57. The number of anilines is 1. The molecule has 0 aliphatic carbocycles. The summed E-state index contributed by atoms with van der Waals surface area (Å²) in [6.07, 6.45) is 0.593. The molecule has 18 heavy (non-hydrogen) atoms. The lowest BCUT2D eigenvalue weighted by molar-refractivity contribution is 0.300. The number of nitrogens with two attached hydrogens (primary N) is 1. The first kappa shape index (κ1) is 13.1. The van der Waals surface area contributed by atoms with E-state index < -0.39 is 0 Å². The SMILES string of the molecule is Nc1c(CCO)cccc1-c1ccccc1CBr. The van der Waals surface area contributed by atoms with Gasteiger partial charge in [0.1, 0.15) is 0 Å². The lowest BCUT2D eigenvalue weighted by Gasteiger charge is -2.13. The number of benzene rings is 2. The van der Waals surface area contributed by atoms with Gasteiger partial charge >= 0.3 is 0 Å². The highest BCUT2D eigenvalue weighted by atomic mass is 79.9. The van der Waals surface area contributed by atoms with Gasteiger partial charge in [-0.3, -0.25) is 0 Å². The smallest absolute Gasteiger partial charge is 0.0472 e. The Hall–Kier alpha value is -1.32. The summed E-state index contributed by atoms with van der Waals surface area (Å²) in [5, 5.41) is 9.84. The van der Waals surface area contributed by atoms with Crippen molar-refractivity contribution in [3.8, 4) is 11.1 Å². The molecule has 0 saturated carbocycles. The monoisotopic (exact) mass is 305 g/mol. The molecule has 2 rings (SSSR count). The third-order valence-electron chi connectivity index (χ3n) is 3.03. The molecule has 0 saturated heterocycles. The number of hydrogen-bond donors (Lipinski definition) is 2. The van der Waals surface area contributed by atoms with Crippen molar-refractivity contribution in [2.45, 2.75) is 11.8 Å². The van der Waals surface area contributed by atoms with Crippen LogP contribution >= 0.6 is 15.9 Å². The molecule has 0 atom stereocenters. The summed E-state index contributed by atoms with van der Waals surface area (Å²) in [5.74, 6) is 0. The van der Waals surface area contributed by atoms with Crippen molar-refractivity contribution in [3.05, 3.63) is 53.6 Å². The van der Waals surface area contributed by atoms with Crippen LogP contribution in [0.4, 0.5) is 5.69 Å². The first-order valence-electron chi connectivity index (χ1n) is 5.90. The standard InChI is InChI=1S/C15H16BrNO/c16-10-12-4-1-2-6-13(12)14-7-3-5-11(8-9-18)15(14)17/h1-7,18H,8-10,17H2. The third kappa shape index (κ3) is 2.57. The van der Waals surface area contributed by atoms with E-state index in [0.717, 1.165) is 27.7 Å². The molecule has 0 aliphatic rings. The second-order valence-electron chi connectivity index (χ2n) is 4.14. The predicted octanol–water partition coefficient (Wildman–Crippen LogP) is 3.37. The highest BCUT2D eigenvalue weighted by Crippen LogP contribution is 2.32. The zero-order valence-corrected chi connectivity index (χ0v) is 11.7. The van der Waals surface area contributed by atoms with Crippen molar-refractivity contribution in [2.75, 3.05) is 12.3 Å². The van der Waals surface area contributed by atoms with Crippen molar-refractivity contribution in [2.24, 2.45) is 0 Å². The molecule has 94 valence electrons. The van der Waals surface area contributed by atoms with Gasteiger partial charge in [0.15, 0.2) is 0 Å². The number of halogens is 1. The van der Waals surface area contributed by atoms with E-state index in [2.05, 4.69) is 28.1 Å². The summed E-state index contributed by atoms with van der Waals surface area (Å²) in [4.78, 5) is 0. The number of rotatable bonds is 4. The minimum absolute atomic E-state index is 0.119. The Balaban J connectivity index is 2.53. The number of aliphatic hydroxyl groups excluding tert-OH is 1. The molecule has 3 heteroatoms. The van der Waals surface area contributed by atoms with E-state index in [1.54, 1.807) is 0 Å². The Kier molecular flexibility index (Phi) is 4.39. The number of nitrogen functional groups attached to an aromatic ring is 1. The lowest BCUT2D eigenvalue weighted by Crippen LogP contribution is -2.00. The van der Waals surface area contributed by atoms with Crippen LogP contribution in [0.3, 0.4) is 0 Å². The van der Waals surface area contributed by atoms with Crippen molar-refractivity contribution < 1.29 is 5.11 Å². The van der Waals surface area contributed by atoms with Crippen LogP contribution in [0.25, 0.3) is 11.1 Å². The Morgan fingerprint density at radius 2 is 1.61 bits per heavy atom. The lowest BCUT2D eigenvalue weighted by atomic mass is 9.96. The van der Waals surface area contributed by atoms with Crippen LogP contribution < -0.4 is 5.73 Å². The Morgan fingerprint density at radius 1 is 0.944 bits per heavy atom. The Bertz CT molecular complexity index is 540. The number of hydrogen-bond acceptors (Lipinski definition) is 2. The van der Waals surface area contributed by atoms with E-state index >= 15 is 0 Å². The van der Waals surface area contributed by atoms with Crippen LogP contribution in [-0.2, 0) is 11.8 Å². The van der Waals surface area contributed by atoms with E-state index in [0.29, 0.717) is 6.42 Å². The molecule has 2 aromatic rings. The molecule has 2 aromatic carbocycles. The maximum atomic E-state index is 9.04. The van der Waals surface area contributed by atoms with Crippen molar-refractivity contribution in [1.29, 1.82) is 0 Å². The molecule has 0 unspecified atom stereocenters. The predicted molar refractivity (Wildman–Crippen MR) is 79.7 cm³/mol. The van der Waals surface area contributed by atoms with Crippen LogP contribution in [0, 0.1) is 0 Å². The highest BCUT2D eigenvalue weighted by Gasteiger charge is 2.09. The second-order valence-corrected chi connectivity index (χ2v) is 4.70. The Labute approximate surface area is 116 Å². The van der Waals surface area contributed by atoms with Gasteiger partial charge in [0.05, 0.1) is 0 Å². The zero-order valence-electron chi connectivity index (χ0n) is 10.1. The van der Waals surface area contributed by atoms with E-state index in [1.807, 2.05) is 30.3 Å². The van der Waals surface area contributed by atoms with Crippen LogP contribution in [-0.4, -0.2) is 11.7 Å². The number of para-hydroxylation sites is 1. The summed E-state index contributed by atoms with van der Waals surface area (Å²) in [6.45, 7) is 0.119. The normalized spacial score (nSPS) is 10.6. The average molecular weight is 306 g/mol. The molecular formula is C15H16BrNO. The average Bonchev–Trinajstić information content (AvgIpc) is 2.41. The zero-order chi connectivity index (χ0) is 13.0. The van der Waals surface area contributed by atoms with Gasteiger partial charge in [-0.15, -0.1) is 0 Å². The topological polar surface area (TPSA) is 46.2 Å². The third-order valence-corrected chi connectivity index (χ3v) is 3.63. The quantitative estimate of drug-likeness (QED) is 0.672. The van der Waals surface area contributed by atoms with Gasteiger partial charge in [-0.05, 0) is 23.1 Å². The van der Waals surface area contributed by atoms with Gasteiger partial charge in [0.25, 0.3) is 0 Å². The summed E-state index contributed by atoms with van der Waals surface area (Å²) in [7, 11) is 0. The van der Waals surface area contributed by atoms with Crippen molar-refractivity contribution in [1.82, 2.24) is 0 Å². The molecule has 0 fully saturated rings. The van der Waals surface area contributed by atoms with E-state index in [4.69, 9.17) is 10.8 Å². The Morgan fingerprint density at radius 3 is 2.33 bits per heavy atom. The van der Waals surface area contributed by atoms with Gasteiger partial charge in [0, 0.05) is 23.2 Å². The second kappa shape index (κ2) is 6.03. The minimum atomic E-state index is 0.119. The van der Waals surface area contributed by atoms with Gasteiger partial charge in [-0.1, -0.05) is 58.4 Å². The molecule has 3 N–H and O–H groups in total. The number of alkyl halides is 1. The molecule has 0 aromatic heterocycles. The minimum Gasteiger partial charge on any atom is -0.398 e. The fourth-order valence-electron chi connectivity index (χ4n) is 2.09. The van der Waals surface area contributed by atoms with Gasteiger partial charge in [0.2, 0.25) is 0 Å². The molecule has 0 radical (unpaired) electrons. The molecule has 0 amide bonds. The summed E-state index contributed by atoms with van der Waals surface area (Å²) in [5.41, 5.74) is 11.4. The van der Waals surface area contributed by atoms with Crippen molar-refractivity contribution in [3.63, 3.8) is 0 Å². The van der Waals surface area contributed by atoms with Crippen LogP contribution in [0.5, 0.6) is 0 Å². The first-order chi connectivity index (χ1) is 8.77. The molecular weight excluding hydrogens is 290 g/mol. The van der Waals surface area contributed by atoms with Crippen LogP contribution in [0.15, 0.2) is 42.5 Å². The summed E-state index contributed by atoms with van der Waals surface area (Å²) < 4.78 is 0. The van der Waals surface area contributed by atoms with E-state index in [9.17, 15) is 0 Å². The highest BCUT2D eigenvalue weighted by molar-refractivity contribution is 9.08. The molecule has 0 aliphatic heterocycles.